The first-order valence-corrected chi connectivity index (χ1v) is 9.37. The molecule has 25 heavy (non-hydrogen) atoms. The first kappa shape index (κ1) is 20.3. The van der Waals surface area contributed by atoms with Crippen molar-refractivity contribution < 1.29 is 9.31 Å². The van der Waals surface area contributed by atoms with E-state index in [0.29, 0.717) is 5.92 Å². The van der Waals surface area contributed by atoms with Crippen molar-refractivity contribution in [2.24, 2.45) is 0 Å². The highest BCUT2D eigenvalue weighted by Gasteiger charge is 2.52. The molecule has 1 aromatic rings. The molecule has 0 aliphatic carbocycles. The van der Waals surface area contributed by atoms with E-state index in [1.165, 1.54) is 16.7 Å². The van der Waals surface area contributed by atoms with Crippen molar-refractivity contribution in [3.05, 3.63) is 35.4 Å². The molecule has 1 heterocycles. The molecular formula is C22H35BO2. The normalized spacial score (nSPS) is 19.6. The summed E-state index contributed by atoms with van der Waals surface area (Å²) in [6.45, 7) is 26.0. The van der Waals surface area contributed by atoms with E-state index in [2.05, 4.69) is 87.9 Å². The van der Waals surface area contributed by atoms with Gasteiger partial charge in [0.05, 0.1) is 11.2 Å². The maximum atomic E-state index is 6.38. The molecule has 1 aromatic carbocycles. The monoisotopic (exact) mass is 342 g/mol. The summed E-state index contributed by atoms with van der Waals surface area (Å²) in [7, 11) is -0.364. The molecule has 1 aliphatic rings. The Bertz CT molecular complexity index is 662. The molecule has 0 radical (unpaired) electrons. The molecule has 0 spiro atoms. The Morgan fingerprint density at radius 3 is 1.88 bits per heavy atom. The van der Waals surface area contributed by atoms with Crippen LogP contribution in [-0.2, 0) is 14.7 Å². The van der Waals surface area contributed by atoms with E-state index in [-0.39, 0.29) is 23.7 Å². The van der Waals surface area contributed by atoms with Gasteiger partial charge < -0.3 is 9.31 Å². The van der Waals surface area contributed by atoms with Crippen LogP contribution in [0.2, 0.25) is 0 Å². The van der Waals surface area contributed by atoms with Crippen molar-refractivity contribution in [3.63, 3.8) is 0 Å². The lowest BCUT2D eigenvalue weighted by atomic mass is 9.69. The first-order valence-electron chi connectivity index (χ1n) is 9.37. The van der Waals surface area contributed by atoms with Gasteiger partial charge in [0, 0.05) is 0 Å². The van der Waals surface area contributed by atoms with Crippen molar-refractivity contribution in [3.8, 4) is 0 Å². The van der Waals surface area contributed by atoms with E-state index in [1.54, 1.807) is 0 Å². The Labute approximate surface area is 155 Å². The number of allylic oxidation sites excluding steroid dienone is 1. The lowest BCUT2D eigenvalue weighted by Crippen LogP contribution is -2.41. The van der Waals surface area contributed by atoms with E-state index in [9.17, 15) is 0 Å². The fourth-order valence-electron chi connectivity index (χ4n) is 3.22. The summed E-state index contributed by atoms with van der Waals surface area (Å²) in [6.07, 6.45) is 0. The van der Waals surface area contributed by atoms with Crippen LogP contribution in [0.15, 0.2) is 18.7 Å². The Morgan fingerprint density at radius 1 is 1.04 bits per heavy atom. The number of hydrogen-bond donors (Lipinski definition) is 0. The van der Waals surface area contributed by atoms with Gasteiger partial charge in [-0.1, -0.05) is 58.9 Å². The van der Waals surface area contributed by atoms with Crippen LogP contribution in [0.4, 0.5) is 0 Å². The van der Waals surface area contributed by atoms with E-state index in [0.717, 1.165) is 11.0 Å². The highest BCUT2D eigenvalue weighted by atomic mass is 16.7. The average molecular weight is 342 g/mol. The number of rotatable bonds is 3. The second kappa shape index (κ2) is 6.28. The topological polar surface area (TPSA) is 18.5 Å². The molecule has 1 fully saturated rings. The average Bonchev–Trinajstić information content (AvgIpc) is 2.64. The van der Waals surface area contributed by atoms with Crippen LogP contribution in [0.25, 0.3) is 5.57 Å². The van der Waals surface area contributed by atoms with Crippen LogP contribution in [0.3, 0.4) is 0 Å². The predicted molar refractivity (Wildman–Crippen MR) is 110 cm³/mol. The molecule has 0 aromatic heterocycles. The van der Waals surface area contributed by atoms with Crippen LogP contribution in [0, 0.1) is 0 Å². The van der Waals surface area contributed by atoms with Crippen molar-refractivity contribution in [1.82, 2.24) is 0 Å². The highest BCUT2D eigenvalue weighted by molar-refractivity contribution is 6.63. The molecular weight excluding hydrogens is 307 g/mol. The summed E-state index contributed by atoms with van der Waals surface area (Å²) in [5, 5.41) is 0. The quantitative estimate of drug-likeness (QED) is 0.681. The van der Waals surface area contributed by atoms with Gasteiger partial charge in [0.25, 0.3) is 0 Å². The Kier molecular flexibility index (Phi) is 5.09. The third-order valence-corrected chi connectivity index (χ3v) is 5.62. The maximum Gasteiger partial charge on any atom is 0.495 e. The Morgan fingerprint density at radius 2 is 1.52 bits per heavy atom. The van der Waals surface area contributed by atoms with Crippen LogP contribution in [0.1, 0.15) is 91.8 Å². The van der Waals surface area contributed by atoms with E-state index in [4.69, 9.17) is 9.31 Å². The van der Waals surface area contributed by atoms with Gasteiger partial charge in [0.15, 0.2) is 0 Å². The van der Waals surface area contributed by atoms with Gasteiger partial charge in [-0.05, 0) is 68.1 Å². The van der Waals surface area contributed by atoms with Crippen molar-refractivity contribution in [1.29, 1.82) is 0 Å². The summed E-state index contributed by atoms with van der Waals surface area (Å²) in [6, 6.07) is 4.60. The van der Waals surface area contributed by atoms with Gasteiger partial charge >= 0.3 is 7.12 Å². The zero-order chi connectivity index (χ0) is 19.4. The highest BCUT2D eigenvalue weighted by Crippen LogP contribution is 2.38. The van der Waals surface area contributed by atoms with Gasteiger partial charge in [-0.2, -0.15) is 0 Å². The summed E-state index contributed by atoms with van der Waals surface area (Å²) in [5.74, 6) is 0.412. The van der Waals surface area contributed by atoms with Crippen LogP contribution < -0.4 is 5.46 Å². The molecule has 0 unspecified atom stereocenters. The van der Waals surface area contributed by atoms with E-state index >= 15 is 0 Å². The summed E-state index contributed by atoms with van der Waals surface area (Å²) in [4.78, 5) is 0. The van der Waals surface area contributed by atoms with Crippen LogP contribution >= 0.6 is 0 Å². The molecule has 2 nitrogen and oxygen atoms in total. The fourth-order valence-corrected chi connectivity index (χ4v) is 3.22. The largest absolute Gasteiger partial charge is 0.495 e. The summed E-state index contributed by atoms with van der Waals surface area (Å²) in [5.41, 5.74) is 5.38. The molecule has 138 valence electrons. The van der Waals surface area contributed by atoms with Gasteiger partial charge in [-0.15, -0.1) is 0 Å². The maximum absolute atomic E-state index is 6.38. The molecule has 3 heteroatoms. The van der Waals surface area contributed by atoms with Crippen molar-refractivity contribution >= 4 is 18.2 Å². The lowest BCUT2D eigenvalue weighted by Gasteiger charge is -2.32. The second-order valence-electron chi connectivity index (χ2n) is 9.80. The van der Waals surface area contributed by atoms with Gasteiger partial charge in [-0.25, -0.2) is 0 Å². The third kappa shape index (κ3) is 3.73. The van der Waals surface area contributed by atoms with Gasteiger partial charge in [0.1, 0.15) is 0 Å². The van der Waals surface area contributed by atoms with E-state index < -0.39 is 0 Å². The second-order valence-corrected chi connectivity index (χ2v) is 9.80. The Balaban J connectivity index is 2.71. The molecule has 0 atom stereocenters. The smallest absolute Gasteiger partial charge is 0.399 e. The zero-order valence-electron chi connectivity index (χ0n) is 17.8. The number of hydrogen-bond acceptors (Lipinski definition) is 2. The molecule has 1 aliphatic heterocycles. The Hall–Kier alpha value is -1.06. The van der Waals surface area contributed by atoms with E-state index in [1.807, 2.05) is 0 Å². The van der Waals surface area contributed by atoms with Crippen LogP contribution in [0.5, 0.6) is 0 Å². The standard InChI is InChI=1S/C22H35BO2/c1-14(2)17-12-16(20(5,6)7)13-18(19(17)15(3)4)23-24-21(8,9)22(10,11)25-23/h12-14H,3H2,1-2,4-11H3. The molecule has 1 saturated heterocycles. The lowest BCUT2D eigenvalue weighted by molar-refractivity contribution is 0.00578. The molecule has 2 rings (SSSR count). The minimum Gasteiger partial charge on any atom is -0.399 e. The predicted octanol–water partition coefficient (Wildman–Crippen LogP) is 5.44. The zero-order valence-corrected chi connectivity index (χ0v) is 17.8. The fraction of sp³-hybridized carbons (Fsp3) is 0.636. The molecule has 0 bridgehead atoms. The third-order valence-electron chi connectivity index (χ3n) is 5.62. The SMILES string of the molecule is C=C(C)c1c(B2OC(C)(C)C(C)(C)O2)cc(C(C)(C)C)cc1C(C)C. The minimum atomic E-state index is -0.364. The minimum absolute atomic E-state index is 0.0651. The van der Waals surface area contributed by atoms with Gasteiger partial charge in [0.2, 0.25) is 0 Å². The van der Waals surface area contributed by atoms with Gasteiger partial charge in [-0.3, -0.25) is 0 Å². The first-order chi connectivity index (χ1) is 11.2. The van der Waals surface area contributed by atoms with Crippen LogP contribution in [-0.4, -0.2) is 18.3 Å². The molecule has 0 saturated carbocycles. The molecule has 0 N–H and O–H groups in total. The van der Waals surface area contributed by atoms with Crippen molar-refractivity contribution in [2.75, 3.05) is 0 Å². The van der Waals surface area contributed by atoms with Crippen molar-refractivity contribution in [2.45, 2.75) is 91.8 Å². The number of benzene rings is 1. The molecule has 0 amide bonds. The summed E-state index contributed by atoms with van der Waals surface area (Å²) >= 11 is 0. The summed E-state index contributed by atoms with van der Waals surface area (Å²) < 4.78 is 12.8.